The normalized spacial score (nSPS) is 10.9. The first kappa shape index (κ1) is 23.0. The van der Waals surface area contributed by atoms with Crippen molar-refractivity contribution >= 4 is 45.5 Å². The van der Waals surface area contributed by atoms with Gasteiger partial charge in [0.1, 0.15) is 5.70 Å². The van der Waals surface area contributed by atoms with Crippen molar-refractivity contribution in [1.29, 1.82) is 0 Å². The average molecular weight is 493 g/mol. The number of anilines is 1. The van der Waals surface area contributed by atoms with Gasteiger partial charge in [0.05, 0.1) is 17.7 Å². The van der Waals surface area contributed by atoms with Crippen molar-refractivity contribution in [1.82, 2.24) is 5.32 Å². The number of amides is 2. The number of benzene rings is 3. The largest absolute Gasteiger partial charge is 0.462 e. The molecule has 3 rings (SSSR count). The van der Waals surface area contributed by atoms with E-state index in [1.165, 1.54) is 0 Å². The second-order valence-corrected chi connectivity index (χ2v) is 7.51. The molecule has 0 fully saturated rings. The van der Waals surface area contributed by atoms with E-state index in [-0.39, 0.29) is 12.3 Å². The molecule has 32 heavy (non-hydrogen) atoms. The number of carbonyl (C=O) groups excluding carboxylic acids is 3. The van der Waals surface area contributed by atoms with Crippen molar-refractivity contribution in [2.24, 2.45) is 0 Å². The molecule has 0 bridgehead atoms. The Hall–Kier alpha value is -3.71. The molecule has 0 saturated carbocycles. The quantitative estimate of drug-likeness (QED) is 0.357. The summed E-state index contributed by atoms with van der Waals surface area (Å²) in [4.78, 5) is 37.6. The number of halogens is 1. The molecule has 0 heterocycles. The fraction of sp³-hybridized carbons (Fsp3) is 0.0800. The van der Waals surface area contributed by atoms with E-state index in [0.717, 1.165) is 5.56 Å². The molecule has 0 saturated heterocycles. The smallest absolute Gasteiger partial charge is 0.338 e. The van der Waals surface area contributed by atoms with Crippen molar-refractivity contribution in [2.45, 2.75) is 6.92 Å². The third-order valence-corrected chi connectivity index (χ3v) is 5.07. The van der Waals surface area contributed by atoms with Crippen LogP contribution in [0.3, 0.4) is 0 Å². The summed E-state index contributed by atoms with van der Waals surface area (Å²) >= 11 is 3.36. The maximum Gasteiger partial charge on any atom is 0.338 e. The number of hydrogen-bond donors (Lipinski definition) is 2. The lowest BCUT2D eigenvalue weighted by Crippen LogP contribution is -2.31. The Morgan fingerprint density at radius 3 is 2.22 bits per heavy atom. The van der Waals surface area contributed by atoms with Crippen molar-refractivity contribution in [3.8, 4) is 0 Å². The van der Waals surface area contributed by atoms with Crippen LogP contribution in [-0.4, -0.2) is 24.4 Å². The Morgan fingerprint density at radius 2 is 1.56 bits per heavy atom. The molecule has 6 nitrogen and oxygen atoms in total. The van der Waals surface area contributed by atoms with Gasteiger partial charge in [0.2, 0.25) is 0 Å². The van der Waals surface area contributed by atoms with E-state index in [2.05, 4.69) is 26.6 Å². The van der Waals surface area contributed by atoms with Crippen LogP contribution in [-0.2, 0) is 9.53 Å². The Bertz CT molecular complexity index is 1140. The number of rotatable bonds is 7. The van der Waals surface area contributed by atoms with E-state index in [1.54, 1.807) is 61.5 Å². The number of hydrogen-bond acceptors (Lipinski definition) is 4. The third-order valence-electron chi connectivity index (χ3n) is 4.38. The van der Waals surface area contributed by atoms with Gasteiger partial charge in [-0.15, -0.1) is 0 Å². The van der Waals surface area contributed by atoms with Crippen LogP contribution in [0.25, 0.3) is 6.08 Å². The minimum absolute atomic E-state index is 0.0754. The summed E-state index contributed by atoms with van der Waals surface area (Å²) in [5, 5.41) is 5.44. The fourth-order valence-electron chi connectivity index (χ4n) is 2.81. The highest BCUT2D eigenvalue weighted by atomic mass is 79.9. The van der Waals surface area contributed by atoms with E-state index in [0.29, 0.717) is 21.3 Å². The molecule has 0 aromatic heterocycles. The predicted octanol–water partition coefficient (Wildman–Crippen LogP) is 5.04. The van der Waals surface area contributed by atoms with Gasteiger partial charge in [-0.3, -0.25) is 9.59 Å². The van der Waals surface area contributed by atoms with Crippen LogP contribution in [0.4, 0.5) is 5.69 Å². The molecule has 0 aliphatic rings. The Kier molecular flexibility index (Phi) is 7.94. The maximum absolute atomic E-state index is 13.0. The molecule has 3 aromatic carbocycles. The van der Waals surface area contributed by atoms with E-state index in [1.807, 2.05) is 30.3 Å². The van der Waals surface area contributed by atoms with Gasteiger partial charge in [-0.05, 0) is 70.9 Å². The SMILES string of the molecule is CCOC(=O)c1ccc(NC(=O)/C(=C/c2ccccc2)NC(=O)c2ccccc2Br)cc1. The van der Waals surface area contributed by atoms with Gasteiger partial charge in [0.15, 0.2) is 0 Å². The molecular formula is C25H21BrN2O4. The van der Waals surface area contributed by atoms with Crippen molar-refractivity contribution in [3.05, 3.63) is 106 Å². The van der Waals surface area contributed by atoms with E-state index in [4.69, 9.17) is 4.74 Å². The van der Waals surface area contributed by atoms with Gasteiger partial charge in [0, 0.05) is 10.2 Å². The minimum Gasteiger partial charge on any atom is -0.462 e. The summed E-state index contributed by atoms with van der Waals surface area (Å²) in [5.41, 5.74) is 2.08. The van der Waals surface area contributed by atoms with Crippen LogP contribution in [0.2, 0.25) is 0 Å². The molecule has 0 aliphatic heterocycles. The van der Waals surface area contributed by atoms with Crippen molar-refractivity contribution in [2.75, 3.05) is 11.9 Å². The highest BCUT2D eigenvalue weighted by Crippen LogP contribution is 2.17. The van der Waals surface area contributed by atoms with Crippen LogP contribution >= 0.6 is 15.9 Å². The van der Waals surface area contributed by atoms with Gasteiger partial charge in [-0.25, -0.2) is 4.79 Å². The first-order valence-electron chi connectivity index (χ1n) is 9.89. The highest BCUT2D eigenvalue weighted by molar-refractivity contribution is 9.10. The van der Waals surface area contributed by atoms with E-state index in [9.17, 15) is 14.4 Å². The molecule has 0 radical (unpaired) electrons. The molecular weight excluding hydrogens is 472 g/mol. The maximum atomic E-state index is 13.0. The Labute approximate surface area is 194 Å². The van der Waals surface area contributed by atoms with Crippen LogP contribution in [0, 0.1) is 0 Å². The molecule has 3 aromatic rings. The predicted molar refractivity (Wildman–Crippen MR) is 127 cm³/mol. The van der Waals surface area contributed by atoms with E-state index >= 15 is 0 Å². The van der Waals surface area contributed by atoms with Crippen LogP contribution in [0.15, 0.2) is 89.0 Å². The number of ether oxygens (including phenoxy) is 1. The standard InChI is InChI=1S/C25H21BrN2O4/c1-2-32-25(31)18-12-14-19(15-13-18)27-24(30)22(16-17-8-4-3-5-9-17)28-23(29)20-10-6-7-11-21(20)26/h3-16H,2H2,1H3,(H,27,30)(H,28,29)/b22-16-. The molecule has 2 amide bonds. The zero-order valence-corrected chi connectivity index (χ0v) is 18.9. The monoisotopic (exact) mass is 492 g/mol. The zero-order valence-electron chi connectivity index (χ0n) is 17.3. The number of esters is 1. The van der Waals surface area contributed by atoms with Crippen LogP contribution < -0.4 is 10.6 Å². The summed E-state index contributed by atoms with van der Waals surface area (Å²) in [6.07, 6.45) is 1.59. The molecule has 7 heteroatoms. The van der Waals surface area contributed by atoms with Gasteiger partial charge >= 0.3 is 5.97 Å². The molecule has 0 unspecified atom stereocenters. The molecule has 162 valence electrons. The zero-order chi connectivity index (χ0) is 22.9. The summed E-state index contributed by atoms with van der Waals surface area (Å²) in [6, 6.07) is 22.5. The molecule has 0 aliphatic carbocycles. The van der Waals surface area contributed by atoms with Gasteiger partial charge in [-0.2, -0.15) is 0 Å². The summed E-state index contributed by atoms with van der Waals surface area (Å²) in [5.74, 6) is -1.36. The fourth-order valence-corrected chi connectivity index (χ4v) is 3.28. The van der Waals surface area contributed by atoms with Crippen molar-refractivity contribution in [3.63, 3.8) is 0 Å². The van der Waals surface area contributed by atoms with Crippen LogP contribution in [0.1, 0.15) is 33.2 Å². The molecule has 0 atom stereocenters. The molecule has 2 N–H and O–H groups in total. The van der Waals surface area contributed by atoms with Crippen molar-refractivity contribution < 1.29 is 19.1 Å². The topological polar surface area (TPSA) is 84.5 Å². The number of nitrogens with one attached hydrogen (secondary N) is 2. The first-order chi connectivity index (χ1) is 15.5. The lowest BCUT2D eigenvalue weighted by Gasteiger charge is -2.12. The second-order valence-electron chi connectivity index (χ2n) is 6.65. The Morgan fingerprint density at radius 1 is 0.906 bits per heavy atom. The lowest BCUT2D eigenvalue weighted by atomic mass is 10.1. The minimum atomic E-state index is -0.502. The average Bonchev–Trinajstić information content (AvgIpc) is 2.80. The Balaban J connectivity index is 1.82. The van der Waals surface area contributed by atoms with E-state index < -0.39 is 17.8 Å². The van der Waals surface area contributed by atoms with Gasteiger partial charge in [0.25, 0.3) is 11.8 Å². The third kappa shape index (κ3) is 6.15. The van der Waals surface area contributed by atoms with Crippen LogP contribution in [0.5, 0.6) is 0 Å². The van der Waals surface area contributed by atoms with Gasteiger partial charge < -0.3 is 15.4 Å². The van der Waals surface area contributed by atoms with Gasteiger partial charge in [-0.1, -0.05) is 42.5 Å². The summed E-state index contributed by atoms with van der Waals surface area (Å²) in [6.45, 7) is 2.01. The lowest BCUT2D eigenvalue weighted by molar-refractivity contribution is -0.113. The first-order valence-corrected chi connectivity index (χ1v) is 10.7. The second kappa shape index (κ2) is 11.1. The summed E-state index contributed by atoms with van der Waals surface area (Å²) < 4.78 is 5.58. The highest BCUT2D eigenvalue weighted by Gasteiger charge is 2.17. The molecule has 0 spiro atoms. The number of carbonyl (C=O) groups is 3. The summed E-state index contributed by atoms with van der Waals surface area (Å²) in [7, 11) is 0.